The number of benzene rings is 7. The molecule has 4 aliphatic rings. The molecule has 4 amide bonds. The first kappa shape index (κ1) is 114. The number of fused-ring (bicyclic) bond motifs is 4. The van der Waals surface area contributed by atoms with Crippen LogP contribution in [0, 0.1) is 34.3 Å². The molecule has 0 radical (unpaired) electrons. The first-order valence-corrected chi connectivity index (χ1v) is 50.8. The molecule has 144 heavy (non-hydrogen) atoms. The number of hydrogen-bond donors (Lipinski definition) is 7. The van der Waals surface area contributed by atoms with Crippen LogP contribution < -0.4 is 73.6 Å². The molecule has 4 aromatic heterocycles. The van der Waals surface area contributed by atoms with Crippen LogP contribution in [0.25, 0.3) is 0 Å². The maximum Gasteiger partial charge on any atom is 0.361 e. The number of ether oxygens (including phenoxy) is 7. The van der Waals surface area contributed by atoms with E-state index in [9.17, 15) is 84.5 Å². The van der Waals surface area contributed by atoms with Crippen molar-refractivity contribution in [3.63, 3.8) is 0 Å². The number of hydrogen-bond acceptors (Lipinski definition) is 27. The monoisotopic (exact) mass is 2260 g/mol. The molecular formula is C98H113F4IN12O25P3Pd-. The molecule has 37 nitrogen and oxygen atoms in total. The maximum atomic E-state index is 14.2. The molecule has 11 aromatic rings. The quantitative estimate of drug-likeness (QED) is 0.00677. The van der Waals surface area contributed by atoms with Crippen molar-refractivity contribution >= 4 is 84.9 Å². The molecule has 0 bridgehead atoms. The smallest absolute Gasteiger partial charge is 0.361 e. The van der Waals surface area contributed by atoms with Crippen molar-refractivity contribution in [1.29, 1.82) is 0 Å². The molecule has 8 heterocycles. The summed E-state index contributed by atoms with van der Waals surface area (Å²) in [4.78, 5) is 144. The van der Waals surface area contributed by atoms with E-state index in [0.717, 1.165) is 52.6 Å². The summed E-state index contributed by atoms with van der Waals surface area (Å²) in [6.07, 6.45) is 0. The zero-order valence-corrected chi connectivity index (χ0v) is 87.4. The normalized spacial score (nSPS) is 15.1. The van der Waals surface area contributed by atoms with Gasteiger partial charge < -0.3 is 94.8 Å². The fraction of sp³-hybridized carbons (Fsp3) is 0.357. The van der Waals surface area contributed by atoms with E-state index >= 15 is 0 Å². The molecule has 0 spiro atoms. The zero-order valence-electron chi connectivity index (χ0n) is 81.0. The third kappa shape index (κ3) is 27.6. The van der Waals surface area contributed by atoms with Gasteiger partial charge in [-0.25, -0.2) is 37.5 Å². The molecule has 0 aliphatic carbocycles. The number of aromatic nitrogens is 8. The van der Waals surface area contributed by atoms with Crippen LogP contribution in [0.4, 0.5) is 17.6 Å². The van der Waals surface area contributed by atoms with Crippen molar-refractivity contribution in [3.8, 4) is 23.0 Å². The van der Waals surface area contributed by atoms with E-state index in [0.29, 0.717) is 47.1 Å². The first-order chi connectivity index (χ1) is 67.4. The second-order valence-corrected chi connectivity index (χ2v) is 40.8. The van der Waals surface area contributed by atoms with Gasteiger partial charge in [0, 0.05) is 51.6 Å². The molecule has 7 N–H and O–H groups in total. The van der Waals surface area contributed by atoms with Gasteiger partial charge in [-0.15, -0.1) is 0 Å². The van der Waals surface area contributed by atoms with Crippen LogP contribution in [0.3, 0.4) is 0 Å². The van der Waals surface area contributed by atoms with Crippen molar-refractivity contribution in [2.45, 2.75) is 178 Å². The summed E-state index contributed by atoms with van der Waals surface area (Å²) in [6.45, 7) is 22.1. The third-order valence-corrected chi connectivity index (χ3v) is 28.8. The Labute approximate surface area is 855 Å². The molecule has 15 rings (SSSR count). The number of nitrogens with zero attached hydrogens (tertiary/aromatic N) is 8. The van der Waals surface area contributed by atoms with Gasteiger partial charge in [0.25, 0.3) is 45.9 Å². The van der Waals surface area contributed by atoms with E-state index in [1.165, 1.54) is 68.5 Å². The van der Waals surface area contributed by atoms with E-state index in [4.69, 9.17) is 51.3 Å². The number of aromatic hydroxyl groups is 1. The van der Waals surface area contributed by atoms with Gasteiger partial charge in [-0.2, -0.15) is 0 Å². The summed E-state index contributed by atoms with van der Waals surface area (Å²) in [5.41, 5.74) is -3.11. The number of rotatable bonds is 32. The first-order valence-electron chi connectivity index (χ1n) is 45.0. The third-order valence-electron chi connectivity index (χ3n) is 22.4. The average Bonchev–Trinajstić information content (AvgIpc) is 0.584. The van der Waals surface area contributed by atoms with Crippen LogP contribution in [0.15, 0.2) is 183 Å². The van der Waals surface area contributed by atoms with E-state index in [2.05, 4.69) is 41.2 Å². The van der Waals surface area contributed by atoms with Crippen LogP contribution in [0.5, 0.6) is 23.0 Å². The summed E-state index contributed by atoms with van der Waals surface area (Å²) < 4.78 is 161. The summed E-state index contributed by atoms with van der Waals surface area (Å²) >= 11 is 2.01. The number of amides is 4. The van der Waals surface area contributed by atoms with Gasteiger partial charge in [0.2, 0.25) is 23.0 Å². The summed E-state index contributed by atoms with van der Waals surface area (Å²) in [5, 5.41) is 20.2. The second-order valence-electron chi connectivity index (χ2n) is 34.1. The van der Waals surface area contributed by atoms with Crippen molar-refractivity contribution in [2.75, 3.05) is 52.9 Å². The van der Waals surface area contributed by atoms with E-state index < -0.39 is 120 Å². The molecule has 2 unspecified atom stereocenters. The van der Waals surface area contributed by atoms with E-state index in [-0.39, 0.29) is 207 Å². The van der Waals surface area contributed by atoms with E-state index in [1.54, 1.807) is 75.3 Å². The minimum absolute atomic E-state index is 0. The molecule has 4 aliphatic heterocycles. The van der Waals surface area contributed by atoms with Crippen LogP contribution in [-0.4, -0.2) is 130 Å². The SMILES string of the molecule is CC1(C)OCCn2c1nc(C(=O)NCc1ccc(F)cc1I)c(OCc1ccccc1)c2=O.CCOP(=O)(O)c1cc(F)ccc1CNC(=O)c1nc2n(c(=O)c1O)CCOC2(C)C.CCOP(=O)(O)c1cc(F)ccc1CNC(=O)c1nc2n(c(=O)c1OCc1ccccc1)CCOC2(C)C.CCOP(=O)(OCC)c1cc(F)ccc1CNC(=O)c1nc2n(c(=O)c1OCc1ccccc1)CCOC2(C)C.[CH3-].[HH].[Pd]. The van der Waals surface area contributed by atoms with E-state index in [1.807, 2.05) is 114 Å². The van der Waals surface area contributed by atoms with Crippen molar-refractivity contribution in [3.05, 3.63) is 324 Å². The van der Waals surface area contributed by atoms with Gasteiger partial charge in [-0.3, -0.25) is 70.3 Å². The standard InChI is InChI=1S/C28H33FN3O7P.C26H29FN3O7P.C24H23FIN3O4.C19H23FN3O7P.CH3.Pd.H2/c1-5-38-40(35,39-6-2)22-16-21(29)13-12-20(22)17-30-25(33)23-24(36-18-19-10-8-7-9-11-19)26(34)32-14-15-37-28(3,4)27(32)31-23;1-4-37-38(33,34)20-14-19(27)11-10-18(20)15-28-23(31)21-22(35-16-17-8-6-5-7-9-17)24(32)30-12-13-36-26(2,3)25(30)29-21;1-24(2)23-28-19(21(30)27-13-16-8-9-17(25)12-18(16)26)20(22(31)29(23)10-11-33-24)32-14-15-6-4-3-5-7-15;1-4-30-31(27,28)13-9-12(20)6-5-11(13)10-21-16(25)14-15(24)17(26)23-7-8-29-19(2,3)18(23)22-14;;;/h7-13,16H,5-6,14-15,17-18H2,1-4H3,(H,30,33);5-11,14H,4,12-13,15-16H2,1-3H3,(H,28,31)(H,33,34);3-9,12H,10-11,13-14H2,1-2H3,(H,27,30);5-6,9,24H,4,7-8,10H2,1-3H3,(H,21,25)(H,27,28);1H3;;1H/q;;;;-1;;. The minimum Gasteiger partial charge on any atom is -0.501 e. The Morgan fingerprint density at radius 3 is 0.951 bits per heavy atom. The topological polar surface area (TPSA) is 469 Å². The Morgan fingerprint density at radius 2 is 0.653 bits per heavy atom. The van der Waals surface area contributed by atoms with Crippen molar-refractivity contribution in [1.82, 2.24) is 59.5 Å². The Balaban J connectivity index is 0.000000215. The summed E-state index contributed by atoms with van der Waals surface area (Å²) in [6, 6.07) is 42.2. The predicted molar refractivity (Wildman–Crippen MR) is 528 cm³/mol. The number of carbonyl (C=O) groups excluding carboxylic acids is 4. The van der Waals surface area contributed by atoms with Gasteiger partial charge >= 0.3 is 22.8 Å². The molecule has 0 saturated heterocycles. The number of nitrogens with one attached hydrogen (secondary N) is 4. The van der Waals surface area contributed by atoms with Crippen LogP contribution in [0.2, 0.25) is 0 Å². The van der Waals surface area contributed by atoms with Crippen molar-refractivity contribution < 1.29 is 138 Å². The fourth-order valence-corrected chi connectivity index (χ4v) is 20.5. The number of halogens is 5. The van der Waals surface area contributed by atoms with Gasteiger partial charge in [0.15, 0.2) is 22.8 Å². The Morgan fingerprint density at radius 1 is 0.396 bits per heavy atom. The summed E-state index contributed by atoms with van der Waals surface area (Å²) in [7, 11) is -12.5. The second kappa shape index (κ2) is 49.6. The average molecular weight is 2260 g/mol. The summed E-state index contributed by atoms with van der Waals surface area (Å²) in [5.74, 6) is -5.60. The Kier molecular flexibility index (Phi) is 39.4. The molecule has 776 valence electrons. The minimum atomic E-state index is -4.34. The van der Waals surface area contributed by atoms with Crippen LogP contribution in [0.1, 0.15) is 189 Å². The zero-order chi connectivity index (χ0) is 103. The van der Waals surface area contributed by atoms with Gasteiger partial charge in [-0.1, -0.05) is 115 Å². The van der Waals surface area contributed by atoms with Gasteiger partial charge in [0.05, 0.1) is 94.9 Å². The fourth-order valence-electron chi connectivity index (χ4n) is 15.4. The predicted octanol–water partition coefficient (Wildman–Crippen LogP) is 12.6. The largest absolute Gasteiger partial charge is 0.501 e. The Bertz CT molecular complexity index is 6930. The molecule has 46 heteroatoms. The molecular weight excluding hydrogens is 2150 g/mol. The molecule has 2 atom stereocenters. The maximum absolute atomic E-state index is 14.2. The van der Waals surface area contributed by atoms with Crippen LogP contribution >= 0.6 is 45.4 Å². The van der Waals surface area contributed by atoms with Gasteiger partial charge in [0.1, 0.15) is 88.8 Å². The molecule has 7 aromatic carbocycles. The Hall–Kier alpha value is -11.5. The van der Waals surface area contributed by atoms with Crippen LogP contribution in [-0.2, 0) is 166 Å². The molecule has 0 fully saturated rings. The van der Waals surface area contributed by atoms with Gasteiger partial charge in [-0.05, 0) is 193 Å². The number of carbonyl (C=O) groups is 4. The molecule has 0 saturated carbocycles. The van der Waals surface area contributed by atoms with Crippen molar-refractivity contribution in [2.24, 2.45) is 0 Å².